The quantitative estimate of drug-likeness (QED) is 0.670. The normalized spacial score (nSPS) is 10.2. The summed E-state index contributed by atoms with van der Waals surface area (Å²) in [7, 11) is 0. The fraction of sp³-hybridized carbons (Fsp3) is 0.0667. The van der Waals surface area contributed by atoms with Gasteiger partial charge in [0.1, 0.15) is 0 Å². The molecule has 0 saturated heterocycles. The van der Waals surface area contributed by atoms with Crippen molar-refractivity contribution in [2.75, 3.05) is 5.73 Å². The van der Waals surface area contributed by atoms with Gasteiger partial charge >= 0.3 is 5.97 Å². The minimum Gasteiger partial charge on any atom is -0.481 e. The van der Waals surface area contributed by atoms with Gasteiger partial charge in [0, 0.05) is 21.8 Å². The number of benzene rings is 2. The first-order chi connectivity index (χ1) is 9.49. The van der Waals surface area contributed by atoms with Gasteiger partial charge in [-0.3, -0.25) is 9.59 Å². The van der Waals surface area contributed by atoms with Crippen LogP contribution in [0.2, 0.25) is 5.02 Å². The number of nitrogens with two attached hydrogens (primary N) is 1. The molecule has 0 aliphatic heterocycles. The number of carbonyl (C=O) groups excluding carboxylic acids is 1. The molecule has 0 saturated carbocycles. The Morgan fingerprint density at radius 1 is 1.10 bits per heavy atom. The van der Waals surface area contributed by atoms with E-state index in [1.165, 1.54) is 0 Å². The molecule has 0 radical (unpaired) electrons. The number of halogens is 1. The van der Waals surface area contributed by atoms with E-state index < -0.39 is 5.97 Å². The molecule has 0 fully saturated rings. The summed E-state index contributed by atoms with van der Waals surface area (Å²) < 4.78 is 0. The van der Waals surface area contributed by atoms with Gasteiger partial charge < -0.3 is 10.8 Å². The van der Waals surface area contributed by atoms with Gasteiger partial charge in [0.2, 0.25) is 0 Å². The number of ketones is 1. The highest BCUT2D eigenvalue weighted by molar-refractivity contribution is 6.30. The van der Waals surface area contributed by atoms with Gasteiger partial charge in [0.25, 0.3) is 0 Å². The summed E-state index contributed by atoms with van der Waals surface area (Å²) in [5.41, 5.74) is 7.27. The number of carboxylic acid groups (broad SMARTS) is 1. The third kappa shape index (κ3) is 2.97. The molecule has 4 nitrogen and oxygen atoms in total. The molecule has 0 amide bonds. The van der Waals surface area contributed by atoms with Crippen molar-refractivity contribution >= 4 is 29.0 Å². The summed E-state index contributed by atoms with van der Waals surface area (Å²) in [6.45, 7) is 0. The van der Waals surface area contributed by atoms with E-state index in [4.69, 9.17) is 22.4 Å². The van der Waals surface area contributed by atoms with Crippen molar-refractivity contribution in [1.29, 1.82) is 0 Å². The van der Waals surface area contributed by atoms with Gasteiger partial charge in [0.15, 0.2) is 5.78 Å². The average molecular weight is 290 g/mol. The van der Waals surface area contributed by atoms with Crippen molar-refractivity contribution in [3.05, 3.63) is 64.2 Å². The second-order valence-corrected chi connectivity index (χ2v) is 4.72. The minimum atomic E-state index is -0.993. The van der Waals surface area contributed by atoms with Gasteiger partial charge in [0.05, 0.1) is 6.42 Å². The Bertz CT molecular complexity index is 665. The van der Waals surface area contributed by atoms with Crippen LogP contribution < -0.4 is 5.73 Å². The maximum Gasteiger partial charge on any atom is 0.307 e. The molecule has 0 aromatic heterocycles. The summed E-state index contributed by atoms with van der Waals surface area (Å²) >= 11 is 5.77. The topological polar surface area (TPSA) is 80.4 Å². The summed E-state index contributed by atoms with van der Waals surface area (Å²) in [5, 5.41) is 9.35. The van der Waals surface area contributed by atoms with Crippen LogP contribution in [0.25, 0.3) is 0 Å². The van der Waals surface area contributed by atoms with Crippen LogP contribution in [0, 0.1) is 0 Å². The maximum atomic E-state index is 12.3. The lowest BCUT2D eigenvalue weighted by Crippen LogP contribution is -2.10. The van der Waals surface area contributed by atoms with Crippen molar-refractivity contribution < 1.29 is 14.7 Å². The standard InChI is InChI=1S/C15H12ClNO3/c16-11-6-4-9(5-7-11)15(20)12-3-1-2-10(14(12)17)8-13(18)19/h1-7H,8,17H2,(H,18,19). The molecule has 20 heavy (non-hydrogen) atoms. The summed E-state index contributed by atoms with van der Waals surface area (Å²) in [6.07, 6.45) is -0.215. The monoisotopic (exact) mass is 289 g/mol. The number of carboxylic acids is 1. The van der Waals surface area contributed by atoms with Crippen LogP contribution in [-0.4, -0.2) is 16.9 Å². The number of aliphatic carboxylic acids is 1. The van der Waals surface area contributed by atoms with Crippen LogP contribution in [0.1, 0.15) is 21.5 Å². The SMILES string of the molecule is Nc1c(CC(=O)O)cccc1C(=O)c1ccc(Cl)cc1. The number of para-hydroxylation sites is 1. The van der Waals surface area contributed by atoms with Crippen LogP contribution >= 0.6 is 11.6 Å². The van der Waals surface area contributed by atoms with Crippen molar-refractivity contribution in [1.82, 2.24) is 0 Å². The number of nitrogen functional groups attached to an aromatic ring is 1. The Balaban J connectivity index is 2.39. The van der Waals surface area contributed by atoms with Crippen LogP contribution in [-0.2, 0) is 11.2 Å². The van der Waals surface area contributed by atoms with Gasteiger partial charge in [-0.25, -0.2) is 0 Å². The van der Waals surface area contributed by atoms with Crippen LogP contribution in [0.4, 0.5) is 5.69 Å². The zero-order valence-electron chi connectivity index (χ0n) is 10.5. The highest BCUT2D eigenvalue weighted by Gasteiger charge is 2.15. The second-order valence-electron chi connectivity index (χ2n) is 4.28. The summed E-state index contributed by atoms with van der Waals surface area (Å²) in [5.74, 6) is -1.25. The molecule has 5 heteroatoms. The molecule has 102 valence electrons. The molecule has 2 rings (SSSR count). The van der Waals surface area contributed by atoms with E-state index in [9.17, 15) is 9.59 Å². The molecule has 2 aromatic carbocycles. The highest BCUT2D eigenvalue weighted by Crippen LogP contribution is 2.22. The second kappa shape index (κ2) is 5.75. The highest BCUT2D eigenvalue weighted by atomic mass is 35.5. The predicted molar refractivity (Wildman–Crippen MR) is 77.1 cm³/mol. The van der Waals surface area contributed by atoms with E-state index >= 15 is 0 Å². The lowest BCUT2D eigenvalue weighted by molar-refractivity contribution is -0.136. The van der Waals surface area contributed by atoms with Gasteiger partial charge in [-0.15, -0.1) is 0 Å². The van der Waals surface area contributed by atoms with Crippen molar-refractivity contribution in [2.24, 2.45) is 0 Å². The Hall–Kier alpha value is -2.33. The fourth-order valence-electron chi connectivity index (χ4n) is 1.88. The predicted octanol–water partition coefficient (Wildman–Crippen LogP) is 2.78. The van der Waals surface area contributed by atoms with Gasteiger partial charge in [-0.2, -0.15) is 0 Å². The lowest BCUT2D eigenvalue weighted by Gasteiger charge is -2.09. The average Bonchev–Trinajstić information content (AvgIpc) is 2.41. The lowest BCUT2D eigenvalue weighted by atomic mass is 9.98. The van der Waals surface area contributed by atoms with Crippen LogP contribution in [0.15, 0.2) is 42.5 Å². The largest absolute Gasteiger partial charge is 0.481 e. The molecule has 0 atom stereocenters. The van der Waals surface area contributed by atoms with E-state index in [1.807, 2.05) is 0 Å². The number of rotatable bonds is 4. The van der Waals surface area contributed by atoms with E-state index in [2.05, 4.69) is 0 Å². The van der Waals surface area contributed by atoms with E-state index in [0.29, 0.717) is 21.7 Å². The Morgan fingerprint density at radius 2 is 1.75 bits per heavy atom. The van der Waals surface area contributed by atoms with Crippen molar-refractivity contribution in [2.45, 2.75) is 6.42 Å². The maximum absolute atomic E-state index is 12.3. The molecule has 0 aliphatic rings. The van der Waals surface area contributed by atoms with Crippen molar-refractivity contribution in [3.8, 4) is 0 Å². The molecule has 0 spiro atoms. The zero-order chi connectivity index (χ0) is 14.7. The van der Waals surface area contributed by atoms with Crippen LogP contribution in [0.5, 0.6) is 0 Å². The Morgan fingerprint density at radius 3 is 2.35 bits per heavy atom. The molecule has 0 bridgehead atoms. The zero-order valence-corrected chi connectivity index (χ0v) is 11.2. The van der Waals surface area contributed by atoms with Crippen molar-refractivity contribution in [3.63, 3.8) is 0 Å². The van der Waals surface area contributed by atoms with Gasteiger partial charge in [-0.1, -0.05) is 23.7 Å². The first kappa shape index (κ1) is 14.1. The van der Waals surface area contributed by atoms with Gasteiger partial charge in [-0.05, 0) is 35.9 Å². The number of carbonyl (C=O) groups is 2. The fourth-order valence-corrected chi connectivity index (χ4v) is 2.01. The first-order valence-corrected chi connectivity index (χ1v) is 6.26. The summed E-state index contributed by atoms with van der Waals surface area (Å²) in [6, 6.07) is 11.2. The molecule has 3 N–H and O–H groups in total. The van der Waals surface area contributed by atoms with E-state index in [1.54, 1.807) is 42.5 Å². The molecule has 0 unspecified atom stereocenters. The summed E-state index contributed by atoms with van der Waals surface area (Å²) in [4.78, 5) is 23.1. The third-order valence-electron chi connectivity index (χ3n) is 2.89. The molecular weight excluding hydrogens is 278 g/mol. The van der Waals surface area contributed by atoms with E-state index in [-0.39, 0.29) is 17.9 Å². The smallest absolute Gasteiger partial charge is 0.307 e. The minimum absolute atomic E-state index is 0.204. The van der Waals surface area contributed by atoms with Crippen LogP contribution in [0.3, 0.4) is 0 Å². The first-order valence-electron chi connectivity index (χ1n) is 5.88. The number of hydrogen-bond acceptors (Lipinski definition) is 3. The number of anilines is 1. The molecule has 0 heterocycles. The van der Waals surface area contributed by atoms with E-state index in [0.717, 1.165) is 0 Å². The Labute approximate surface area is 120 Å². The Kier molecular flexibility index (Phi) is 4.05. The number of hydrogen-bond donors (Lipinski definition) is 2. The third-order valence-corrected chi connectivity index (χ3v) is 3.14. The molecule has 0 aliphatic carbocycles. The molecule has 2 aromatic rings. The molecular formula is C15H12ClNO3.